The summed E-state index contributed by atoms with van der Waals surface area (Å²) in [5.41, 5.74) is 3.00. The van der Waals surface area contributed by atoms with E-state index in [-0.39, 0.29) is 0 Å². The van der Waals surface area contributed by atoms with Crippen LogP contribution in [0.1, 0.15) is 82.3 Å². The van der Waals surface area contributed by atoms with E-state index < -0.39 is 0 Å². The number of hydrogen-bond donors (Lipinski definition) is 0. The van der Waals surface area contributed by atoms with Gasteiger partial charge in [-0.2, -0.15) is 0 Å². The third-order valence-corrected chi connectivity index (χ3v) is 4.76. The smallest absolute Gasteiger partial charge is 0.00358 e. The number of benzene rings is 1. The molecule has 0 heterocycles. The minimum atomic E-state index is 1.21. The number of alkyl halides is 1. The van der Waals surface area contributed by atoms with Crippen molar-refractivity contribution in [1.29, 1.82) is 0 Å². The third kappa shape index (κ3) is 10.3. The molecule has 0 spiro atoms. The molecule has 0 unspecified atom stereocenters. The zero-order valence-corrected chi connectivity index (χ0v) is 16.0. The second kappa shape index (κ2) is 13.6. The van der Waals surface area contributed by atoms with E-state index in [0.717, 1.165) is 0 Å². The Hall–Kier alpha value is -0.0500. The van der Waals surface area contributed by atoms with Gasteiger partial charge in [-0.3, -0.25) is 0 Å². The number of unbranched alkanes of at least 4 members (excludes halogenated alkanes) is 9. The molecule has 0 aliphatic rings. The van der Waals surface area contributed by atoms with Gasteiger partial charge in [0.05, 0.1) is 0 Å². The topological polar surface area (TPSA) is 0 Å². The van der Waals surface area contributed by atoms with E-state index in [1.807, 2.05) is 0 Å². The molecule has 0 fully saturated rings. The van der Waals surface area contributed by atoms with Gasteiger partial charge >= 0.3 is 0 Å². The highest BCUT2D eigenvalue weighted by Crippen LogP contribution is 2.13. The van der Waals surface area contributed by atoms with E-state index in [1.54, 1.807) is 0 Å². The number of aryl methyl sites for hydroxylation is 2. The van der Waals surface area contributed by atoms with Gasteiger partial charge in [0.15, 0.2) is 0 Å². The average Bonchev–Trinajstić information content (AvgIpc) is 2.51. The highest BCUT2D eigenvalue weighted by molar-refractivity contribution is 14.1. The highest BCUT2D eigenvalue weighted by Gasteiger charge is 1.96. The SMILES string of the molecule is CCCCCCCCCCCCc1ccc(CCI)cc1. The largest absolute Gasteiger partial charge is 0.0860 e. The molecule has 21 heavy (non-hydrogen) atoms. The van der Waals surface area contributed by atoms with Crippen molar-refractivity contribution in [3.63, 3.8) is 0 Å². The molecular weight excluding hydrogens is 367 g/mol. The summed E-state index contributed by atoms with van der Waals surface area (Å²) in [7, 11) is 0. The number of hydrogen-bond acceptors (Lipinski definition) is 0. The first-order chi connectivity index (χ1) is 10.4. The molecule has 1 rings (SSSR count). The lowest BCUT2D eigenvalue weighted by molar-refractivity contribution is 0.556. The van der Waals surface area contributed by atoms with Crippen LogP contribution in [0.15, 0.2) is 24.3 Å². The molecule has 120 valence electrons. The number of halogens is 1. The van der Waals surface area contributed by atoms with E-state index in [9.17, 15) is 0 Å². The zero-order valence-electron chi connectivity index (χ0n) is 13.9. The molecule has 0 amide bonds. The molecule has 1 heteroatoms. The van der Waals surface area contributed by atoms with Crippen molar-refractivity contribution < 1.29 is 0 Å². The second-order valence-corrected chi connectivity index (χ2v) is 7.27. The van der Waals surface area contributed by atoms with Crippen LogP contribution in [0.3, 0.4) is 0 Å². The Balaban J connectivity index is 1.94. The minimum Gasteiger partial charge on any atom is -0.0860 e. The summed E-state index contributed by atoms with van der Waals surface area (Å²) < 4.78 is 1.22. The lowest BCUT2D eigenvalue weighted by Gasteiger charge is -2.04. The van der Waals surface area contributed by atoms with E-state index >= 15 is 0 Å². The van der Waals surface area contributed by atoms with Crippen LogP contribution in [0.25, 0.3) is 0 Å². The Kier molecular flexibility index (Phi) is 12.3. The summed E-state index contributed by atoms with van der Waals surface area (Å²) in [4.78, 5) is 0. The summed E-state index contributed by atoms with van der Waals surface area (Å²) in [6.07, 6.45) is 16.7. The fraction of sp³-hybridized carbons (Fsp3) is 0.700. The quantitative estimate of drug-likeness (QED) is 0.188. The van der Waals surface area contributed by atoms with Gasteiger partial charge in [0.1, 0.15) is 0 Å². The maximum atomic E-state index is 2.45. The lowest BCUT2D eigenvalue weighted by Crippen LogP contribution is -1.89. The maximum Gasteiger partial charge on any atom is 0.00358 e. The molecule has 1 aromatic rings. The van der Waals surface area contributed by atoms with Crippen LogP contribution in [0.5, 0.6) is 0 Å². The highest BCUT2D eigenvalue weighted by atomic mass is 127. The van der Waals surface area contributed by atoms with E-state index in [2.05, 4.69) is 53.8 Å². The van der Waals surface area contributed by atoms with E-state index in [1.165, 1.54) is 92.6 Å². The molecule has 0 radical (unpaired) electrons. The second-order valence-electron chi connectivity index (χ2n) is 6.19. The van der Waals surface area contributed by atoms with Crippen molar-refractivity contribution in [3.05, 3.63) is 35.4 Å². The molecule has 0 nitrogen and oxygen atoms in total. The molecular formula is C20H33I. The molecule has 0 bridgehead atoms. The van der Waals surface area contributed by atoms with Gasteiger partial charge in [0.25, 0.3) is 0 Å². The maximum absolute atomic E-state index is 2.45. The standard InChI is InChI=1S/C20H33I/c1-2-3-4-5-6-7-8-9-10-11-12-19-13-15-20(16-14-19)17-18-21/h13-16H,2-12,17-18H2,1H3. The molecule has 0 aliphatic heterocycles. The van der Waals surface area contributed by atoms with Crippen LogP contribution < -0.4 is 0 Å². The van der Waals surface area contributed by atoms with Crippen molar-refractivity contribution in [3.8, 4) is 0 Å². The van der Waals surface area contributed by atoms with E-state index in [4.69, 9.17) is 0 Å². The Morgan fingerprint density at radius 2 is 1.05 bits per heavy atom. The molecule has 1 aromatic carbocycles. The normalized spacial score (nSPS) is 11.0. The Labute approximate surface area is 146 Å². The van der Waals surface area contributed by atoms with E-state index in [0.29, 0.717) is 0 Å². The van der Waals surface area contributed by atoms with Crippen LogP contribution in [0, 0.1) is 0 Å². The Morgan fingerprint density at radius 1 is 0.619 bits per heavy atom. The fourth-order valence-corrected chi connectivity index (χ4v) is 3.42. The molecule has 0 saturated carbocycles. The molecule has 0 aliphatic carbocycles. The van der Waals surface area contributed by atoms with Gasteiger partial charge in [-0.25, -0.2) is 0 Å². The third-order valence-electron chi connectivity index (χ3n) is 4.23. The summed E-state index contributed by atoms with van der Waals surface area (Å²) in [6, 6.07) is 9.28. The van der Waals surface area contributed by atoms with Gasteiger partial charge in [0.2, 0.25) is 0 Å². The van der Waals surface area contributed by atoms with Gasteiger partial charge in [-0.15, -0.1) is 0 Å². The van der Waals surface area contributed by atoms with Gasteiger partial charge < -0.3 is 0 Å². The first-order valence-electron chi connectivity index (χ1n) is 9.00. The first kappa shape index (κ1) is 19.0. The summed E-state index contributed by atoms with van der Waals surface area (Å²) >= 11 is 2.45. The van der Waals surface area contributed by atoms with Crippen LogP contribution >= 0.6 is 22.6 Å². The van der Waals surface area contributed by atoms with Gasteiger partial charge in [-0.05, 0) is 30.4 Å². The summed E-state index contributed by atoms with van der Waals surface area (Å²) in [5.74, 6) is 0. The Bertz CT molecular complexity index is 328. The molecule has 0 saturated heterocycles. The minimum absolute atomic E-state index is 1.21. The van der Waals surface area contributed by atoms with Crippen LogP contribution in [-0.2, 0) is 12.8 Å². The predicted octanol–water partition coefficient (Wildman–Crippen LogP) is 7.13. The van der Waals surface area contributed by atoms with Crippen molar-refractivity contribution in [2.75, 3.05) is 4.43 Å². The molecule has 0 N–H and O–H groups in total. The van der Waals surface area contributed by atoms with Crippen molar-refractivity contribution in [2.24, 2.45) is 0 Å². The summed E-state index contributed by atoms with van der Waals surface area (Å²) in [5, 5.41) is 0. The molecule has 0 atom stereocenters. The van der Waals surface area contributed by atoms with Crippen LogP contribution in [0.2, 0.25) is 0 Å². The average molecular weight is 400 g/mol. The van der Waals surface area contributed by atoms with Gasteiger partial charge in [0, 0.05) is 4.43 Å². The molecule has 0 aromatic heterocycles. The van der Waals surface area contributed by atoms with Crippen LogP contribution in [0.4, 0.5) is 0 Å². The fourth-order valence-electron chi connectivity index (χ4n) is 2.80. The first-order valence-corrected chi connectivity index (χ1v) is 10.5. The van der Waals surface area contributed by atoms with Crippen molar-refractivity contribution in [2.45, 2.75) is 84.0 Å². The number of rotatable bonds is 13. The van der Waals surface area contributed by atoms with Crippen molar-refractivity contribution >= 4 is 22.6 Å². The zero-order chi connectivity index (χ0) is 15.2. The predicted molar refractivity (Wildman–Crippen MR) is 105 cm³/mol. The Morgan fingerprint density at radius 3 is 1.52 bits per heavy atom. The van der Waals surface area contributed by atoms with Gasteiger partial charge in [-0.1, -0.05) is 112 Å². The lowest BCUT2D eigenvalue weighted by atomic mass is 10.0. The summed E-state index contributed by atoms with van der Waals surface area (Å²) in [6.45, 7) is 2.29. The monoisotopic (exact) mass is 400 g/mol. The van der Waals surface area contributed by atoms with Crippen molar-refractivity contribution in [1.82, 2.24) is 0 Å². The van der Waals surface area contributed by atoms with Crippen LogP contribution in [-0.4, -0.2) is 4.43 Å².